The van der Waals surface area contributed by atoms with Crippen LogP contribution in [0, 0.1) is 0 Å². The Labute approximate surface area is 105 Å². The molecule has 3 rings (SSSR count). The molecule has 0 saturated carbocycles. The minimum atomic E-state index is -0.0116. The molecule has 0 aliphatic carbocycles. The molecule has 4 nitrogen and oxygen atoms in total. The lowest BCUT2D eigenvalue weighted by molar-refractivity contribution is 0.0936. The second kappa shape index (κ2) is 5.72. The van der Waals surface area contributed by atoms with Gasteiger partial charge in [0.25, 0.3) is 0 Å². The maximum atomic E-state index is 10.4. The Hall–Kier alpha value is -2.49. The minimum Gasteiger partial charge on any atom is -0.277 e. The molecule has 0 saturated heterocycles. The van der Waals surface area contributed by atoms with Crippen molar-refractivity contribution in [1.82, 2.24) is 14.5 Å². The maximum absolute atomic E-state index is 10.4. The molecule has 90 valence electrons. The van der Waals surface area contributed by atoms with Gasteiger partial charge in [-0.3, -0.25) is 14.3 Å². The quantitative estimate of drug-likeness (QED) is 0.606. The van der Waals surface area contributed by atoms with Crippen molar-refractivity contribution in [3.05, 3.63) is 61.3 Å². The maximum Gasteiger partial charge on any atom is 0.228 e. The predicted octanol–water partition coefficient (Wildman–Crippen LogP) is 2.78. The predicted molar refractivity (Wildman–Crippen MR) is 70.3 cm³/mol. The monoisotopic (exact) mass is 239 g/mol. The van der Waals surface area contributed by atoms with E-state index in [1.807, 2.05) is 30.5 Å². The lowest BCUT2D eigenvalue weighted by Crippen LogP contribution is -2.00. The van der Waals surface area contributed by atoms with Crippen LogP contribution in [0.3, 0.4) is 0 Å². The van der Waals surface area contributed by atoms with Gasteiger partial charge in [0.2, 0.25) is 5.91 Å². The number of pyridine rings is 1. The number of para-hydroxylation sites is 1. The minimum absolute atomic E-state index is 0.0116. The number of hydrogen-bond donors (Lipinski definition) is 0. The summed E-state index contributed by atoms with van der Waals surface area (Å²) in [6.07, 6.45) is 6.47. The summed E-state index contributed by atoms with van der Waals surface area (Å²) in [6, 6.07) is 12.1. The molecule has 2 heterocycles. The van der Waals surface area contributed by atoms with Crippen LogP contribution < -0.4 is 0 Å². The molecule has 0 unspecified atom stereocenters. The first-order valence-electron chi connectivity index (χ1n) is 5.56. The van der Waals surface area contributed by atoms with Crippen molar-refractivity contribution < 1.29 is 4.79 Å². The molecular weight excluding hydrogens is 226 g/mol. The number of carbonyl (C=O) groups excluding carboxylic acids is 1. The highest BCUT2D eigenvalue weighted by Crippen LogP contribution is 2.07. The Kier molecular flexibility index (Phi) is 3.81. The number of nitrogens with zero attached hydrogens (tertiary/aromatic N) is 3. The Morgan fingerprint density at radius 1 is 1.11 bits per heavy atom. The normalized spacial score (nSPS) is 9.61. The van der Waals surface area contributed by atoms with Gasteiger partial charge < -0.3 is 0 Å². The van der Waals surface area contributed by atoms with Crippen LogP contribution in [-0.2, 0) is 0 Å². The molecule has 0 bridgehead atoms. The van der Waals surface area contributed by atoms with Crippen molar-refractivity contribution in [2.24, 2.45) is 0 Å². The van der Waals surface area contributed by atoms with Gasteiger partial charge in [-0.25, -0.2) is 4.98 Å². The van der Waals surface area contributed by atoms with Crippen molar-refractivity contribution >= 4 is 16.8 Å². The fourth-order valence-electron chi connectivity index (χ4n) is 1.46. The fraction of sp³-hybridized carbons (Fsp3) is 0.0714. The molecule has 1 aromatic carbocycles. The van der Waals surface area contributed by atoms with Gasteiger partial charge in [0.15, 0.2) is 0 Å². The van der Waals surface area contributed by atoms with Gasteiger partial charge in [0.1, 0.15) is 6.33 Å². The number of hydrogen-bond acceptors (Lipinski definition) is 3. The summed E-state index contributed by atoms with van der Waals surface area (Å²) >= 11 is 0. The molecule has 0 spiro atoms. The molecular formula is C14H13N3O. The molecule has 3 aromatic rings. The van der Waals surface area contributed by atoms with Crippen LogP contribution in [0.1, 0.15) is 11.7 Å². The average Bonchev–Trinajstić information content (AvgIpc) is 2.94. The first-order valence-corrected chi connectivity index (χ1v) is 5.56. The van der Waals surface area contributed by atoms with E-state index < -0.39 is 0 Å². The number of aromatic nitrogens is 3. The molecule has 18 heavy (non-hydrogen) atoms. The van der Waals surface area contributed by atoms with Gasteiger partial charge in [0.05, 0.1) is 5.52 Å². The largest absolute Gasteiger partial charge is 0.277 e. The average molecular weight is 239 g/mol. The number of rotatable bonds is 0. The van der Waals surface area contributed by atoms with Crippen LogP contribution in [0.5, 0.6) is 0 Å². The van der Waals surface area contributed by atoms with Gasteiger partial charge >= 0.3 is 0 Å². The van der Waals surface area contributed by atoms with Gasteiger partial charge in [-0.2, -0.15) is 0 Å². The smallest absolute Gasteiger partial charge is 0.228 e. The summed E-state index contributed by atoms with van der Waals surface area (Å²) in [5, 5.41) is 1.20. The zero-order valence-electron chi connectivity index (χ0n) is 10.0. The van der Waals surface area contributed by atoms with Gasteiger partial charge in [0, 0.05) is 30.9 Å². The highest BCUT2D eigenvalue weighted by atomic mass is 16.1. The standard InChI is InChI=1S/C9H7N.C5H6N2O/c1-2-6-9-8(4-1)5-3-7-10-9;1-5(8)7-3-2-6-4-7/h1-7H;2-4H,1H3. The summed E-state index contributed by atoms with van der Waals surface area (Å²) in [5.74, 6) is -0.0116. The third kappa shape index (κ3) is 3.01. The third-order valence-electron chi connectivity index (χ3n) is 2.38. The molecule has 4 heteroatoms. The number of benzene rings is 1. The van der Waals surface area contributed by atoms with E-state index in [2.05, 4.69) is 22.1 Å². The first kappa shape index (κ1) is 12.0. The van der Waals surface area contributed by atoms with E-state index in [1.54, 1.807) is 12.4 Å². The molecule has 0 amide bonds. The summed E-state index contributed by atoms with van der Waals surface area (Å²) in [6.45, 7) is 1.49. The Morgan fingerprint density at radius 2 is 1.89 bits per heavy atom. The van der Waals surface area contributed by atoms with E-state index >= 15 is 0 Å². The lowest BCUT2D eigenvalue weighted by Gasteiger charge is -1.91. The Bertz CT molecular complexity index is 567. The molecule has 2 aromatic heterocycles. The Morgan fingerprint density at radius 3 is 2.50 bits per heavy atom. The van der Waals surface area contributed by atoms with Crippen molar-refractivity contribution in [3.8, 4) is 0 Å². The van der Waals surface area contributed by atoms with E-state index in [4.69, 9.17) is 0 Å². The van der Waals surface area contributed by atoms with Crippen molar-refractivity contribution in [3.63, 3.8) is 0 Å². The topological polar surface area (TPSA) is 47.8 Å². The highest BCUT2D eigenvalue weighted by Gasteiger charge is 1.90. The van der Waals surface area contributed by atoms with Crippen LogP contribution in [0.25, 0.3) is 10.9 Å². The lowest BCUT2D eigenvalue weighted by atomic mass is 10.2. The fourth-order valence-corrected chi connectivity index (χ4v) is 1.46. The van der Waals surface area contributed by atoms with E-state index in [0.29, 0.717) is 0 Å². The van der Waals surface area contributed by atoms with Crippen molar-refractivity contribution in [2.45, 2.75) is 6.92 Å². The van der Waals surface area contributed by atoms with E-state index in [9.17, 15) is 4.79 Å². The van der Waals surface area contributed by atoms with Crippen LogP contribution >= 0.6 is 0 Å². The second-order valence-corrected chi connectivity index (χ2v) is 3.69. The molecule has 0 aliphatic rings. The molecule has 0 N–H and O–H groups in total. The molecule has 0 aliphatic heterocycles. The second-order valence-electron chi connectivity index (χ2n) is 3.69. The van der Waals surface area contributed by atoms with Crippen LogP contribution in [0.15, 0.2) is 61.3 Å². The number of fused-ring (bicyclic) bond motifs is 1. The molecule has 0 fully saturated rings. The van der Waals surface area contributed by atoms with Crippen molar-refractivity contribution in [2.75, 3.05) is 0 Å². The van der Waals surface area contributed by atoms with E-state index in [0.717, 1.165) is 5.52 Å². The number of imidazole rings is 1. The van der Waals surface area contributed by atoms with Gasteiger partial charge in [-0.15, -0.1) is 0 Å². The summed E-state index contributed by atoms with van der Waals surface area (Å²) in [5.41, 5.74) is 1.06. The van der Waals surface area contributed by atoms with Gasteiger partial charge in [-0.1, -0.05) is 24.3 Å². The van der Waals surface area contributed by atoms with E-state index in [-0.39, 0.29) is 5.91 Å². The summed E-state index contributed by atoms with van der Waals surface area (Å²) < 4.78 is 1.42. The first-order chi connectivity index (χ1) is 8.77. The zero-order chi connectivity index (χ0) is 12.8. The van der Waals surface area contributed by atoms with Gasteiger partial charge in [-0.05, 0) is 12.1 Å². The SMILES string of the molecule is CC(=O)n1ccnc1.c1ccc2ncccc2c1. The number of carbonyl (C=O) groups is 1. The summed E-state index contributed by atoms with van der Waals surface area (Å²) in [7, 11) is 0. The highest BCUT2D eigenvalue weighted by molar-refractivity contribution is 5.77. The van der Waals surface area contributed by atoms with Crippen LogP contribution in [0.4, 0.5) is 0 Å². The van der Waals surface area contributed by atoms with Crippen molar-refractivity contribution in [1.29, 1.82) is 0 Å². The van der Waals surface area contributed by atoms with Crippen LogP contribution in [-0.4, -0.2) is 20.4 Å². The Balaban J connectivity index is 0.000000138. The van der Waals surface area contributed by atoms with E-state index in [1.165, 1.54) is 23.2 Å². The van der Waals surface area contributed by atoms with Crippen LogP contribution in [0.2, 0.25) is 0 Å². The summed E-state index contributed by atoms with van der Waals surface area (Å²) in [4.78, 5) is 18.3. The third-order valence-corrected chi connectivity index (χ3v) is 2.38. The molecule has 0 radical (unpaired) electrons. The molecule has 0 atom stereocenters. The zero-order valence-corrected chi connectivity index (χ0v) is 10.0.